The third-order valence-corrected chi connectivity index (χ3v) is 5.55. The van der Waals surface area contributed by atoms with Crippen molar-refractivity contribution in [2.24, 2.45) is 0 Å². The number of carboxylic acid groups (broad SMARTS) is 1. The molecule has 0 unspecified atom stereocenters. The Balaban J connectivity index is 1.90. The van der Waals surface area contributed by atoms with E-state index in [0.29, 0.717) is 31.0 Å². The van der Waals surface area contributed by atoms with Gasteiger partial charge in [-0.25, -0.2) is 27.5 Å². The first-order valence-electron chi connectivity index (χ1n) is 7.88. The van der Waals surface area contributed by atoms with Crippen LogP contribution in [0.4, 0.5) is 0 Å². The van der Waals surface area contributed by atoms with Gasteiger partial charge < -0.3 is 5.11 Å². The molecule has 0 spiro atoms. The molecule has 0 radical (unpaired) electrons. The first-order chi connectivity index (χ1) is 11.7. The van der Waals surface area contributed by atoms with Crippen LogP contribution in [0, 0.1) is 6.92 Å². The maximum Gasteiger partial charge on any atom is 0.335 e. The first-order valence-corrected chi connectivity index (χ1v) is 9.73. The second-order valence-corrected chi connectivity index (χ2v) is 8.22. The van der Waals surface area contributed by atoms with Crippen LogP contribution in [0.25, 0.3) is 11.3 Å². The molecule has 0 saturated carbocycles. The minimum Gasteiger partial charge on any atom is -0.478 e. The molecule has 0 amide bonds. The first kappa shape index (κ1) is 17.5. The number of carbonyl (C=O) groups is 1. The fourth-order valence-electron chi connectivity index (χ4n) is 2.95. The fraction of sp³-hybridized carbons (Fsp3) is 0.353. The molecule has 3 rings (SSSR count). The molecular formula is C17H19N3O4S. The zero-order valence-electron chi connectivity index (χ0n) is 14.0. The Labute approximate surface area is 146 Å². The van der Waals surface area contributed by atoms with Gasteiger partial charge in [0.15, 0.2) is 0 Å². The van der Waals surface area contributed by atoms with E-state index in [2.05, 4.69) is 9.97 Å². The Morgan fingerprint density at radius 2 is 1.92 bits per heavy atom. The number of hydrogen-bond acceptors (Lipinski definition) is 5. The molecule has 2 aromatic rings. The van der Waals surface area contributed by atoms with Gasteiger partial charge in [-0.05, 0) is 31.5 Å². The van der Waals surface area contributed by atoms with Crippen molar-refractivity contribution in [1.29, 1.82) is 0 Å². The van der Waals surface area contributed by atoms with Crippen molar-refractivity contribution in [3.8, 4) is 11.3 Å². The van der Waals surface area contributed by atoms with Crippen LogP contribution >= 0.6 is 0 Å². The normalized spacial score (nSPS) is 18.4. The third-order valence-electron chi connectivity index (χ3n) is 4.28. The molecule has 1 saturated heterocycles. The molecule has 1 aromatic carbocycles. The van der Waals surface area contributed by atoms with E-state index in [1.807, 2.05) is 13.0 Å². The number of aromatic nitrogens is 2. The smallest absolute Gasteiger partial charge is 0.335 e. The highest BCUT2D eigenvalue weighted by atomic mass is 32.2. The zero-order valence-corrected chi connectivity index (χ0v) is 14.8. The highest BCUT2D eigenvalue weighted by Gasteiger charge is 2.31. The summed E-state index contributed by atoms with van der Waals surface area (Å²) in [6.07, 6.45) is 1.90. The molecule has 0 bridgehead atoms. The van der Waals surface area contributed by atoms with Crippen molar-refractivity contribution in [3.05, 3.63) is 47.4 Å². The number of sulfonamides is 1. The predicted octanol–water partition coefficient (Wildman–Crippen LogP) is 1.90. The Kier molecular flexibility index (Phi) is 4.57. The van der Waals surface area contributed by atoms with Crippen LogP contribution in [-0.2, 0) is 10.0 Å². The Morgan fingerprint density at radius 1 is 1.24 bits per heavy atom. The van der Waals surface area contributed by atoms with Crippen molar-refractivity contribution >= 4 is 16.0 Å². The molecule has 132 valence electrons. The van der Waals surface area contributed by atoms with E-state index in [1.165, 1.54) is 22.7 Å². The van der Waals surface area contributed by atoms with Crippen LogP contribution < -0.4 is 0 Å². The maximum absolute atomic E-state index is 11.7. The van der Waals surface area contributed by atoms with Crippen LogP contribution in [-0.4, -0.2) is 53.1 Å². The summed E-state index contributed by atoms with van der Waals surface area (Å²) in [7, 11) is -3.21. The average molecular weight is 361 g/mol. The summed E-state index contributed by atoms with van der Waals surface area (Å²) >= 11 is 0. The topological polar surface area (TPSA) is 100 Å². The predicted molar refractivity (Wildman–Crippen MR) is 92.9 cm³/mol. The lowest BCUT2D eigenvalue weighted by Crippen LogP contribution is -2.27. The molecule has 1 fully saturated rings. The lowest BCUT2D eigenvalue weighted by molar-refractivity contribution is 0.0697. The maximum atomic E-state index is 11.7. The zero-order chi connectivity index (χ0) is 18.2. The average Bonchev–Trinajstić information content (AvgIpc) is 3.04. The van der Waals surface area contributed by atoms with E-state index in [-0.39, 0.29) is 11.5 Å². The van der Waals surface area contributed by atoms with Gasteiger partial charge in [0.1, 0.15) is 5.82 Å². The van der Waals surface area contributed by atoms with Gasteiger partial charge in [0.2, 0.25) is 10.0 Å². The molecule has 1 aliphatic rings. The van der Waals surface area contributed by atoms with Crippen LogP contribution in [0.2, 0.25) is 0 Å². The van der Waals surface area contributed by atoms with Crippen LogP contribution in [0.5, 0.6) is 0 Å². The molecule has 2 heterocycles. The van der Waals surface area contributed by atoms with Gasteiger partial charge >= 0.3 is 5.97 Å². The van der Waals surface area contributed by atoms with Crippen molar-refractivity contribution in [3.63, 3.8) is 0 Å². The number of aromatic carboxylic acids is 1. The largest absolute Gasteiger partial charge is 0.478 e. The number of rotatable bonds is 4. The molecule has 1 N–H and O–H groups in total. The third kappa shape index (κ3) is 3.85. The van der Waals surface area contributed by atoms with Gasteiger partial charge in [-0.1, -0.05) is 12.1 Å². The monoisotopic (exact) mass is 361 g/mol. The summed E-state index contributed by atoms with van der Waals surface area (Å²) in [6.45, 7) is 2.73. The Morgan fingerprint density at radius 3 is 2.48 bits per heavy atom. The lowest BCUT2D eigenvalue weighted by Gasteiger charge is -2.14. The molecule has 1 aliphatic heterocycles. The van der Waals surface area contributed by atoms with Gasteiger partial charge in [0, 0.05) is 30.3 Å². The van der Waals surface area contributed by atoms with Crippen LogP contribution in [0.1, 0.15) is 34.2 Å². The van der Waals surface area contributed by atoms with Crippen molar-refractivity contribution in [2.75, 3.05) is 19.3 Å². The quantitative estimate of drug-likeness (QED) is 0.893. The number of carboxylic acids is 1. The summed E-state index contributed by atoms with van der Waals surface area (Å²) in [4.78, 5) is 20.0. The molecular weight excluding hydrogens is 342 g/mol. The second-order valence-electron chi connectivity index (χ2n) is 6.24. The van der Waals surface area contributed by atoms with Gasteiger partial charge in [0.05, 0.1) is 17.5 Å². The van der Waals surface area contributed by atoms with Gasteiger partial charge in [-0.2, -0.15) is 0 Å². The van der Waals surface area contributed by atoms with Crippen molar-refractivity contribution in [2.45, 2.75) is 19.3 Å². The van der Waals surface area contributed by atoms with Gasteiger partial charge in [-0.15, -0.1) is 0 Å². The summed E-state index contributed by atoms with van der Waals surface area (Å²) in [5, 5.41) is 8.99. The van der Waals surface area contributed by atoms with Crippen molar-refractivity contribution in [1.82, 2.24) is 14.3 Å². The molecule has 1 aromatic heterocycles. The number of hydrogen-bond donors (Lipinski definition) is 1. The summed E-state index contributed by atoms with van der Waals surface area (Å²) < 4.78 is 24.8. The number of benzene rings is 1. The van der Waals surface area contributed by atoms with Crippen LogP contribution in [0.15, 0.2) is 30.3 Å². The van der Waals surface area contributed by atoms with Gasteiger partial charge in [0.25, 0.3) is 0 Å². The van der Waals surface area contributed by atoms with E-state index in [0.717, 1.165) is 11.3 Å². The number of nitrogens with zero attached hydrogens (tertiary/aromatic N) is 3. The van der Waals surface area contributed by atoms with Crippen LogP contribution in [0.3, 0.4) is 0 Å². The molecule has 25 heavy (non-hydrogen) atoms. The second kappa shape index (κ2) is 6.53. The van der Waals surface area contributed by atoms with Gasteiger partial charge in [-0.3, -0.25) is 0 Å². The fourth-order valence-corrected chi connectivity index (χ4v) is 3.83. The minimum absolute atomic E-state index is 0.0355. The molecule has 1 atom stereocenters. The highest BCUT2D eigenvalue weighted by molar-refractivity contribution is 7.88. The minimum atomic E-state index is -3.21. The molecule has 8 heteroatoms. The summed E-state index contributed by atoms with van der Waals surface area (Å²) in [5.41, 5.74) is 2.52. The Hall–Kier alpha value is -2.32. The SMILES string of the molecule is Cc1cc(-c2ccc(C(=O)O)cc2)nc([C@H]2CCN(S(C)(=O)=O)C2)n1. The van der Waals surface area contributed by atoms with Crippen molar-refractivity contribution < 1.29 is 18.3 Å². The highest BCUT2D eigenvalue weighted by Crippen LogP contribution is 2.28. The molecule has 0 aliphatic carbocycles. The van der Waals surface area contributed by atoms with E-state index in [1.54, 1.807) is 12.1 Å². The van der Waals surface area contributed by atoms with E-state index < -0.39 is 16.0 Å². The van der Waals surface area contributed by atoms with E-state index >= 15 is 0 Å². The number of aryl methyl sites for hydroxylation is 1. The van der Waals surface area contributed by atoms with E-state index in [9.17, 15) is 13.2 Å². The standard InChI is InChI=1S/C17H19N3O4S/c1-11-9-15(12-3-5-13(6-4-12)17(21)22)19-16(18-11)14-7-8-20(10-14)25(2,23)24/h3-6,9,14H,7-8,10H2,1-2H3,(H,21,22)/t14-/m0/s1. The molecule has 7 nitrogen and oxygen atoms in total. The lowest BCUT2D eigenvalue weighted by atomic mass is 10.1. The summed E-state index contributed by atoms with van der Waals surface area (Å²) in [5.74, 6) is -0.381. The van der Waals surface area contributed by atoms with E-state index in [4.69, 9.17) is 5.11 Å². The Bertz CT molecular complexity index is 910. The summed E-state index contributed by atoms with van der Waals surface area (Å²) in [6, 6.07) is 8.34.